The summed E-state index contributed by atoms with van der Waals surface area (Å²) in [5.74, 6) is 1.23. The molecule has 0 fully saturated rings. The van der Waals surface area contributed by atoms with E-state index in [1.165, 1.54) is 0 Å². The van der Waals surface area contributed by atoms with Gasteiger partial charge in [-0.15, -0.1) is 11.6 Å². The fourth-order valence-electron chi connectivity index (χ4n) is 2.03. The topological polar surface area (TPSA) is 39.9 Å². The van der Waals surface area contributed by atoms with Crippen LogP contribution in [0.2, 0.25) is 0 Å². The van der Waals surface area contributed by atoms with Crippen molar-refractivity contribution in [3.8, 4) is 0 Å². The minimum Gasteiger partial charge on any atom is -0.377 e. The Morgan fingerprint density at radius 1 is 1.39 bits per heavy atom. The van der Waals surface area contributed by atoms with Crippen LogP contribution in [0.15, 0.2) is 12.1 Å². The fourth-order valence-corrected chi connectivity index (χ4v) is 2.24. The van der Waals surface area contributed by atoms with Crippen molar-refractivity contribution in [1.29, 1.82) is 0 Å². The minimum atomic E-state index is 0.122. The first-order chi connectivity index (χ1) is 8.65. The number of hydrogen-bond donors (Lipinski definition) is 0. The molecule has 0 saturated carbocycles. The lowest BCUT2D eigenvalue weighted by Gasteiger charge is -2.14. The molecule has 0 spiro atoms. The quantitative estimate of drug-likeness (QED) is 0.782. The van der Waals surface area contributed by atoms with E-state index in [1.807, 2.05) is 32.9 Å². The summed E-state index contributed by atoms with van der Waals surface area (Å²) in [5, 5.41) is 0. The molecule has 1 atom stereocenters. The Kier molecular flexibility index (Phi) is 4.19. The molecule has 0 radical (unpaired) electrons. The van der Waals surface area contributed by atoms with Crippen LogP contribution in [0.4, 0.5) is 0 Å². The highest BCUT2D eigenvalue weighted by atomic mass is 35.5. The third-order valence-corrected chi connectivity index (χ3v) is 3.06. The normalized spacial score (nSPS) is 13.1. The summed E-state index contributed by atoms with van der Waals surface area (Å²) in [6.07, 6.45) is 0.122. The third kappa shape index (κ3) is 2.65. The monoisotopic (exact) mass is 267 g/mol. The van der Waals surface area contributed by atoms with Gasteiger partial charge in [0.25, 0.3) is 0 Å². The zero-order chi connectivity index (χ0) is 13.1. The molecule has 0 aliphatic heterocycles. The minimum absolute atomic E-state index is 0.122. The lowest BCUT2D eigenvalue weighted by atomic mass is 10.3. The van der Waals surface area contributed by atoms with Crippen molar-refractivity contribution in [2.75, 3.05) is 6.61 Å². The molecule has 0 amide bonds. The summed E-state index contributed by atoms with van der Waals surface area (Å²) in [4.78, 5) is 9.04. The van der Waals surface area contributed by atoms with Crippen molar-refractivity contribution in [3.63, 3.8) is 0 Å². The summed E-state index contributed by atoms with van der Waals surface area (Å²) < 4.78 is 7.63. The summed E-state index contributed by atoms with van der Waals surface area (Å²) >= 11 is 5.95. The Bertz CT molecular complexity index is 538. The van der Waals surface area contributed by atoms with Crippen LogP contribution in [0.3, 0.4) is 0 Å². The van der Waals surface area contributed by atoms with E-state index in [0.29, 0.717) is 12.5 Å². The van der Waals surface area contributed by atoms with Crippen LogP contribution < -0.4 is 0 Å². The zero-order valence-electron chi connectivity index (χ0n) is 11.0. The number of nitrogens with zero attached hydrogens (tertiary/aromatic N) is 3. The van der Waals surface area contributed by atoms with Gasteiger partial charge in [-0.05, 0) is 32.9 Å². The predicted molar refractivity (Wildman–Crippen MR) is 72.9 cm³/mol. The van der Waals surface area contributed by atoms with Crippen molar-refractivity contribution in [2.45, 2.75) is 39.3 Å². The first-order valence-electron chi connectivity index (χ1n) is 6.16. The average Bonchev–Trinajstić information content (AvgIpc) is 2.67. The Morgan fingerprint density at radius 2 is 2.17 bits per heavy atom. The smallest absolute Gasteiger partial charge is 0.160 e. The number of halogens is 1. The van der Waals surface area contributed by atoms with Gasteiger partial charge in [-0.3, -0.25) is 0 Å². The molecule has 0 saturated heterocycles. The Labute approximate surface area is 112 Å². The molecular formula is C13H18ClN3O. The Morgan fingerprint density at radius 3 is 2.83 bits per heavy atom. The maximum atomic E-state index is 5.95. The lowest BCUT2D eigenvalue weighted by Crippen LogP contribution is -2.18. The number of pyridine rings is 1. The third-order valence-electron chi connectivity index (χ3n) is 2.82. The second-order valence-corrected chi connectivity index (χ2v) is 4.60. The molecule has 2 heterocycles. The Hall–Kier alpha value is -1.13. The molecule has 0 aliphatic carbocycles. The van der Waals surface area contributed by atoms with E-state index in [2.05, 4.69) is 14.5 Å². The van der Waals surface area contributed by atoms with E-state index < -0.39 is 0 Å². The molecule has 2 aromatic heterocycles. The number of aromatic nitrogens is 3. The molecule has 2 aromatic rings. The largest absolute Gasteiger partial charge is 0.377 e. The number of ether oxygens (including phenoxy) is 1. The zero-order valence-corrected chi connectivity index (χ0v) is 11.7. The standard InChI is InChI=1S/C13H18ClN3O/c1-4-18-10(3)8-17-12(7-14)16-11-6-5-9(2)15-13(11)17/h5-6,10H,4,7-8H2,1-3H3. The van der Waals surface area contributed by atoms with Gasteiger partial charge in [0.1, 0.15) is 11.3 Å². The van der Waals surface area contributed by atoms with E-state index in [1.54, 1.807) is 0 Å². The number of hydrogen-bond acceptors (Lipinski definition) is 3. The second kappa shape index (κ2) is 5.67. The maximum Gasteiger partial charge on any atom is 0.160 e. The number of alkyl halides is 1. The molecule has 18 heavy (non-hydrogen) atoms. The number of rotatable bonds is 5. The van der Waals surface area contributed by atoms with Gasteiger partial charge < -0.3 is 9.30 Å². The van der Waals surface area contributed by atoms with E-state index in [4.69, 9.17) is 16.3 Å². The summed E-state index contributed by atoms with van der Waals surface area (Å²) in [6, 6.07) is 3.94. The van der Waals surface area contributed by atoms with Crippen molar-refractivity contribution in [2.24, 2.45) is 0 Å². The first-order valence-corrected chi connectivity index (χ1v) is 6.69. The van der Waals surface area contributed by atoms with E-state index >= 15 is 0 Å². The van der Waals surface area contributed by atoms with Crippen molar-refractivity contribution < 1.29 is 4.74 Å². The number of fused-ring (bicyclic) bond motifs is 1. The number of imidazole rings is 1. The highest BCUT2D eigenvalue weighted by molar-refractivity contribution is 6.16. The van der Waals surface area contributed by atoms with Gasteiger partial charge in [-0.25, -0.2) is 9.97 Å². The molecule has 5 heteroatoms. The molecule has 0 bridgehead atoms. The van der Waals surface area contributed by atoms with Gasteiger partial charge in [0.2, 0.25) is 0 Å². The van der Waals surface area contributed by atoms with Gasteiger partial charge in [-0.2, -0.15) is 0 Å². The van der Waals surface area contributed by atoms with E-state index in [9.17, 15) is 0 Å². The summed E-state index contributed by atoms with van der Waals surface area (Å²) in [7, 11) is 0. The SMILES string of the molecule is CCOC(C)Cn1c(CCl)nc2ccc(C)nc21. The lowest BCUT2D eigenvalue weighted by molar-refractivity contribution is 0.0642. The molecule has 0 N–H and O–H groups in total. The van der Waals surface area contributed by atoms with Crippen LogP contribution in [-0.2, 0) is 17.2 Å². The summed E-state index contributed by atoms with van der Waals surface area (Å²) in [5.41, 5.74) is 2.76. The van der Waals surface area contributed by atoms with Gasteiger partial charge in [0.15, 0.2) is 5.65 Å². The Balaban J connectivity index is 2.42. The summed E-state index contributed by atoms with van der Waals surface area (Å²) in [6.45, 7) is 7.44. The second-order valence-electron chi connectivity index (χ2n) is 4.33. The molecule has 0 aromatic carbocycles. The molecule has 1 unspecified atom stereocenters. The van der Waals surface area contributed by atoms with Crippen LogP contribution >= 0.6 is 11.6 Å². The molecule has 0 aliphatic rings. The molecule has 98 valence electrons. The predicted octanol–water partition coefficient (Wildman–Crippen LogP) is 2.90. The van der Waals surface area contributed by atoms with Gasteiger partial charge >= 0.3 is 0 Å². The van der Waals surface area contributed by atoms with Crippen molar-refractivity contribution in [3.05, 3.63) is 23.7 Å². The van der Waals surface area contributed by atoms with Gasteiger partial charge in [0.05, 0.1) is 18.5 Å². The van der Waals surface area contributed by atoms with Crippen molar-refractivity contribution in [1.82, 2.24) is 14.5 Å². The average molecular weight is 268 g/mol. The van der Waals surface area contributed by atoms with Crippen LogP contribution in [0.25, 0.3) is 11.2 Å². The molecule has 4 nitrogen and oxygen atoms in total. The number of aryl methyl sites for hydroxylation is 1. The van der Waals surface area contributed by atoms with Crippen LogP contribution in [0.5, 0.6) is 0 Å². The van der Waals surface area contributed by atoms with Gasteiger partial charge in [-0.1, -0.05) is 0 Å². The van der Waals surface area contributed by atoms with Crippen molar-refractivity contribution >= 4 is 22.8 Å². The highest BCUT2D eigenvalue weighted by Gasteiger charge is 2.13. The van der Waals surface area contributed by atoms with Crippen LogP contribution in [0.1, 0.15) is 25.4 Å². The van der Waals surface area contributed by atoms with Crippen LogP contribution in [0, 0.1) is 6.92 Å². The fraction of sp³-hybridized carbons (Fsp3) is 0.538. The van der Waals surface area contributed by atoms with Crippen LogP contribution in [-0.4, -0.2) is 27.2 Å². The molecule has 2 rings (SSSR count). The first kappa shape index (κ1) is 13.3. The molecular weight excluding hydrogens is 250 g/mol. The van der Waals surface area contributed by atoms with E-state index in [0.717, 1.165) is 29.2 Å². The van der Waals surface area contributed by atoms with Gasteiger partial charge in [0, 0.05) is 12.3 Å². The van der Waals surface area contributed by atoms with E-state index in [-0.39, 0.29) is 6.10 Å². The highest BCUT2D eigenvalue weighted by Crippen LogP contribution is 2.17. The maximum absolute atomic E-state index is 5.95.